The molecule has 0 aromatic heterocycles. The minimum absolute atomic E-state index is 0.0633. The number of anilines is 1. The molecule has 2 aliphatic heterocycles. The van der Waals surface area contributed by atoms with E-state index in [1.807, 2.05) is 4.90 Å². The van der Waals surface area contributed by atoms with E-state index < -0.39 is 14.9 Å². The zero-order valence-electron chi connectivity index (χ0n) is 15.3. The average Bonchev–Trinajstić information content (AvgIpc) is 3.32. The van der Waals surface area contributed by atoms with Gasteiger partial charge in [0.2, 0.25) is 10.0 Å². The molecular weight excluding hydrogens is 356 g/mol. The summed E-state index contributed by atoms with van der Waals surface area (Å²) in [6.07, 6.45) is 2.61. The van der Waals surface area contributed by atoms with Crippen molar-refractivity contribution in [1.29, 1.82) is 0 Å². The van der Waals surface area contributed by atoms with E-state index in [1.165, 1.54) is 16.4 Å². The molecule has 26 heavy (non-hydrogen) atoms. The Hall–Kier alpha value is -1.71. The molecule has 0 N–H and O–H groups in total. The molecule has 1 aromatic carbocycles. The van der Waals surface area contributed by atoms with Crippen LogP contribution in [0.1, 0.15) is 26.2 Å². The second-order valence-corrected chi connectivity index (χ2v) is 8.89. The van der Waals surface area contributed by atoms with Gasteiger partial charge in [-0.05, 0) is 38.9 Å². The van der Waals surface area contributed by atoms with Gasteiger partial charge in [-0.2, -0.15) is 4.31 Å². The highest BCUT2D eigenvalue weighted by Crippen LogP contribution is 2.35. The lowest BCUT2D eigenvalue weighted by Crippen LogP contribution is -2.35. The normalized spacial score (nSPS) is 21.7. The number of hydrogen-bond donors (Lipinski definition) is 0. The summed E-state index contributed by atoms with van der Waals surface area (Å²) in [5.74, 6) is 0. The predicted octanol–water partition coefficient (Wildman–Crippen LogP) is 1.91. The zero-order valence-corrected chi connectivity index (χ0v) is 16.1. The van der Waals surface area contributed by atoms with Crippen LogP contribution in [-0.2, 0) is 10.0 Å². The summed E-state index contributed by atoms with van der Waals surface area (Å²) in [6, 6.07) is 4.57. The van der Waals surface area contributed by atoms with Crippen molar-refractivity contribution in [3.8, 4) is 0 Å². The third-order valence-corrected chi connectivity index (χ3v) is 7.39. The molecule has 144 valence electrons. The van der Waals surface area contributed by atoms with Crippen molar-refractivity contribution in [2.45, 2.75) is 37.1 Å². The second-order valence-electron chi connectivity index (χ2n) is 6.98. The first-order chi connectivity index (χ1) is 12.3. The van der Waals surface area contributed by atoms with Crippen molar-refractivity contribution in [2.75, 3.05) is 44.7 Å². The zero-order chi connectivity index (χ0) is 18.9. The smallest absolute Gasteiger partial charge is 0.270 e. The number of hydrogen-bond acceptors (Lipinski definition) is 6. The molecule has 9 heteroatoms. The molecule has 8 nitrogen and oxygen atoms in total. The summed E-state index contributed by atoms with van der Waals surface area (Å²) in [7, 11) is -1.67. The standard InChI is InChI=1S/C17H26N4O4S/c1-3-18(2)15-8-11-19(13-15)16-7-6-14(21(22)23)12-17(16)26(24,25)20-9-4-5-10-20/h6-7,12,15H,3-5,8-11,13H2,1-2H3. The van der Waals surface area contributed by atoms with E-state index >= 15 is 0 Å². The molecule has 1 unspecified atom stereocenters. The Morgan fingerprint density at radius 1 is 1.27 bits per heavy atom. The first-order valence-corrected chi connectivity index (χ1v) is 10.5. The molecule has 2 aliphatic rings. The Balaban J connectivity index is 1.99. The second kappa shape index (κ2) is 7.50. The third-order valence-electron chi connectivity index (χ3n) is 5.46. The molecule has 1 atom stereocenters. The van der Waals surface area contributed by atoms with Crippen molar-refractivity contribution in [2.24, 2.45) is 0 Å². The summed E-state index contributed by atoms with van der Waals surface area (Å²) in [4.78, 5) is 15.0. The number of likely N-dealkylation sites (N-methyl/N-ethyl adjacent to an activating group) is 1. The van der Waals surface area contributed by atoms with Gasteiger partial charge in [0.05, 0.1) is 10.6 Å². The van der Waals surface area contributed by atoms with Gasteiger partial charge in [0, 0.05) is 44.4 Å². The summed E-state index contributed by atoms with van der Waals surface area (Å²) in [6.45, 7) is 5.45. The molecule has 2 saturated heterocycles. The third kappa shape index (κ3) is 3.56. The largest absolute Gasteiger partial charge is 0.369 e. The first-order valence-electron chi connectivity index (χ1n) is 9.08. The predicted molar refractivity (Wildman–Crippen MR) is 100 cm³/mol. The van der Waals surface area contributed by atoms with Crippen LogP contribution in [0, 0.1) is 10.1 Å². The molecule has 1 aromatic rings. The quantitative estimate of drug-likeness (QED) is 0.552. The molecule has 0 radical (unpaired) electrons. The minimum atomic E-state index is -3.73. The Bertz CT molecular complexity index is 777. The highest BCUT2D eigenvalue weighted by molar-refractivity contribution is 7.89. The molecule has 0 bridgehead atoms. The molecule has 0 amide bonds. The molecule has 0 aliphatic carbocycles. The van der Waals surface area contributed by atoms with Gasteiger partial charge in [0.25, 0.3) is 5.69 Å². The lowest BCUT2D eigenvalue weighted by Gasteiger charge is -2.26. The molecular formula is C17H26N4O4S. The molecule has 2 heterocycles. The van der Waals surface area contributed by atoms with Crippen LogP contribution in [0.5, 0.6) is 0 Å². The molecule has 3 rings (SSSR count). The first kappa shape index (κ1) is 19.1. The van der Waals surface area contributed by atoms with E-state index in [4.69, 9.17) is 0 Å². The van der Waals surface area contributed by atoms with Gasteiger partial charge in [-0.3, -0.25) is 10.1 Å². The summed E-state index contributed by atoms with van der Waals surface area (Å²) in [5, 5.41) is 11.2. The fraction of sp³-hybridized carbons (Fsp3) is 0.647. The van der Waals surface area contributed by atoms with Crippen LogP contribution in [-0.4, -0.2) is 68.4 Å². The molecule has 0 spiro atoms. The van der Waals surface area contributed by atoms with Gasteiger partial charge >= 0.3 is 0 Å². The minimum Gasteiger partial charge on any atom is -0.369 e. The number of nitrogens with zero attached hydrogens (tertiary/aromatic N) is 4. The number of nitro benzene ring substituents is 1. The SMILES string of the molecule is CCN(C)C1CCN(c2ccc([N+](=O)[O-])cc2S(=O)(=O)N2CCCC2)C1. The van der Waals surface area contributed by atoms with Crippen LogP contribution in [0.25, 0.3) is 0 Å². The van der Waals surface area contributed by atoms with E-state index in [9.17, 15) is 18.5 Å². The molecule has 2 fully saturated rings. The lowest BCUT2D eigenvalue weighted by molar-refractivity contribution is -0.385. The summed E-state index contributed by atoms with van der Waals surface area (Å²) < 4.78 is 27.7. The number of rotatable bonds is 6. The van der Waals surface area contributed by atoms with Crippen LogP contribution >= 0.6 is 0 Å². The number of nitro groups is 1. The maximum absolute atomic E-state index is 13.1. The van der Waals surface area contributed by atoms with Gasteiger partial charge in [-0.1, -0.05) is 6.92 Å². The van der Waals surface area contributed by atoms with Crippen molar-refractivity contribution in [3.05, 3.63) is 28.3 Å². The Morgan fingerprint density at radius 3 is 2.58 bits per heavy atom. The van der Waals surface area contributed by atoms with Gasteiger partial charge < -0.3 is 9.80 Å². The van der Waals surface area contributed by atoms with Crippen LogP contribution < -0.4 is 4.90 Å². The topological polar surface area (TPSA) is 87.0 Å². The lowest BCUT2D eigenvalue weighted by atomic mass is 10.2. The van der Waals surface area contributed by atoms with Crippen molar-refractivity contribution < 1.29 is 13.3 Å². The van der Waals surface area contributed by atoms with Crippen LogP contribution in [0.2, 0.25) is 0 Å². The molecule has 0 saturated carbocycles. The summed E-state index contributed by atoms with van der Waals surface area (Å²) in [5.41, 5.74) is 0.391. The van der Waals surface area contributed by atoms with E-state index in [0.29, 0.717) is 24.8 Å². The van der Waals surface area contributed by atoms with Gasteiger partial charge in [-0.25, -0.2) is 8.42 Å². The Morgan fingerprint density at radius 2 is 1.96 bits per heavy atom. The fourth-order valence-electron chi connectivity index (χ4n) is 3.73. The monoisotopic (exact) mass is 382 g/mol. The highest BCUT2D eigenvalue weighted by Gasteiger charge is 2.34. The van der Waals surface area contributed by atoms with E-state index in [0.717, 1.165) is 38.9 Å². The van der Waals surface area contributed by atoms with Crippen LogP contribution in [0.3, 0.4) is 0 Å². The van der Waals surface area contributed by atoms with E-state index in [2.05, 4.69) is 18.9 Å². The van der Waals surface area contributed by atoms with Crippen molar-refractivity contribution >= 4 is 21.4 Å². The highest BCUT2D eigenvalue weighted by atomic mass is 32.2. The van der Waals surface area contributed by atoms with Crippen molar-refractivity contribution in [1.82, 2.24) is 9.21 Å². The Labute approximate surface area is 154 Å². The van der Waals surface area contributed by atoms with Crippen molar-refractivity contribution in [3.63, 3.8) is 0 Å². The van der Waals surface area contributed by atoms with Gasteiger partial charge in [0.1, 0.15) is 4.90 Å². The number of sulfonamides is 1. The Kier molecular flexibility index (Phi) is 5.50. The maximum Gasteiger partial charge on any atom is 0.270 e. The van der Waals surface area contributed by atoms with Gasteiger partial charge in [0.15, 0.2) is 0 Å². The number of non-ortho nitro benzene ring substituents is 1. The number of benzene rings is 1. The average molecular weight is 382 g/mol. The van der Waals surface area contributed by atoms with Gasteiger partial charge in [-0.15, -0.1) is 0 Å². The fourth-order valence-corrected chi connectivity index (χ4v) is 5.48. The summed E-state index contributed by atoms with van der Waals surface area (Å²) >= 11 is 0. The van der Waals surface area contributed by atoms with E-state index in [-0.39, 0.29) is 10.6 Å². The van der Waals surface area contributed by atoms with Crippen LogP contribution in [0.4, 0.5) is 11.4 Å². The van der Waals surface area contributed by atoms with Crippen LogP contribution in [0.15, 0.2) is 23.1 Å². The van der Waals surface area contributed by atoms with E-state index in [1.54, 1.807) is 6.07 Å². The maximum atomic E-state index is 13.1.